The second-order valence-electron chi connectivity index (χ2n) is 16.6. The van der Waals surface area contributed by atoms with Gasteiger partial charge in [0.2, 0.25) is 17.8 Å². The number of fused-ring (bicyclic) bond motifs is 2. The van der Waals surface area contributed by atoms with Gasteiger partial charge >= 0.3 is 0 Å². The molecule has 308 valence electrons. The van der Waals surface area contributed by atoms with Crippen LogP contribution in [0.1, 0.15) is 88.6 Å². The van der Waals surface area contributed by atoms with E-state index in [0.29, 0.717) is 36.5 Å². The predicted octanol–water partition coefficient (Wildman–Crippen LogP) is 3.97. The molecule has 17 heteroatoms. The number of nitrogens with zero attached hydrogens (tertiary/aromatic N) is 9. The standard InChI is InChI=1S/C42H48FN11O5/c1-49(2)41(59)34-19-26-22-45-42(48-37(26)53(34)27-5-3-4-6-27)46-35-9-7-28(23-44-35)51-13-11-25(12-14-51)24-50-15-17-52(18-16-50)33-21-30-29(20-31(33)43)39(57)54(40(30)58)32-8-10-36(55)47-38(32)56/h7,9,19-23,25,27,32H,3-6,8,10-18,24H2,1-2H3,(H,47,55,56)(H,44,45,46,48). The number of benzene rings is 1. The molecule has 5 amide bonds. The van der Waals surface area contributed by atoms with Crippen molar-refractivity contribution < 1.29 is 28.4 Å². The highest BCUT2D eigenvalue weighted by Gasteiger charge is 2.45. The fourth-order valence-corrected chi connectivity index (χ4v) is 9.39. The van der Waals surface area contributed by atoms with Gasteiger partial charge in [-0.25, -0.2) is 14.4 Å². The van der Waals surface area contributed by atoms with Crippen LogP contribution in [0.4, 0.5) is 27.5 Å². The number of pyridine rings is 1. The van der Waals surface area contributed by atoms with E-state index in [-0.39, 0.29) is 41.6 Å². The smallest absolute Gasteiger partial charge is 0.270 e. The van der Waals surface area contributed by atoms with Gasteiger partial charge in [-0.3, -0.25) is 39.1 Å². The highest BCUT2D eigenvalue weighted by molar-refractivity contribution is 6.23. The van der Waals surface area contributed by atoms with Crippen molar-refractivity contribution in [1.29, 1.82) is 0 Å². The molecule has 3 saturated heterocycles. The summed E-state index contributed by atoms with van der Waals surface area (Å²) in [6, 6.07) is 7.59. The van der Waals surface area contributed by atoms with Crippen molar-refractivity contribution in [3.63, 3.8) is 0 Å². The minimum Gasteiger partial charge on any atom is -0.370 e. The number of carbonyl (C=O) groups is 5. The number of carbonyl (C=O) groups excluding carboxylic acids is 5. The first-order chi connectivity index (χ1) is 28.5. The Balaban J connectivity index is 0.771. The van der Waals surface area contributed by atoms with Crippen molar-refractivity contribution in [3.05, 3.63) is 65.4 Å². The first-order valence-corrected chi connectivity index (χ1v) is 20.6. The number of nitrogens with one attached hydrogen (secondary N) is 2. The maximum Gasteiger partial charge on any atom is 0.270 e. The molecule has 1 unspecified atom stereocenters. The molecule has 4 aliphatic heterocycles. The van der Waals surface area contributed by atoms with E-state index in [1.165, 1.54) is 6.07 Å². The Morgan fingerprint density at radius 2 is 1.59 bits per heavy atom. The van der Waals surface area contributed by atoms with Crippen molar-refractivity contribution in [1.82, 2.24) is 39.5 Å². The van der Waals surface area contributed by atoms with Crippen LogP contribution in [-0.2, 0) is 9.59 Å². The summed E-state index contributed by atoms with van der Waals surface area (Å²) in [5.41, 5.74) is 2.75. The third kappa shape index (κ3) is 7.36. The maximum atomic E-state index is 15.5. The second-order valence-corrected chi connectivity index (χ2v) is 16.6. The van der Waals surface area contributed by atoms with Crippen molar-refractivity contribution in [3.8, 4) is 0 Å². The van der Waals surface area contributed by atoms with Crippen LogP contribution in [0.3, 0.4) is 0 Å². The molecule has 1 aromatic carbocycles. The zero-order chi connectivity index (χ0) is 40.9. The summed E-state index contributed by atoms with van der Waals surface area (Å²) < 4.78 is 17.6. The van der Waals surface area contributed by atoms with Crippen LogP contribution in [0.15, 0.2) is 42.7 Å². The first-order valence-electron chi connectivity index (χ1n) is 20.6. The number of aromatic nitrogens is 4. The van der Waals surface area contributed by atoms with Crippen LogP contribution < -0.4 is 20.4 Å². The molecule has 59 heavy (non-hydrogen) atoms. The summed E-state index contributed by atoms with van der Waals surface area (Å²) in [7, 11) is 3.54. The van der Waals surface area contributed by atoms with Crippen LogP contribution in [-0.4, -0.2) is 130 Å². The normalized spacial score (nSPS) is 20.8. The molecule has 2 N–H and O–H groups in total. The number of anilines is 4. The van der Waals surface area contributed by atoms with E-state index in [9.17, 15) is 24.0 Å². The molecule has 3 aromatic heterocycles. The molecule has 4 fully saturated rings. The number of piperazine rings is 1. The Labute approximate surface area is 340 Å². The van der Waals surface area contributed by atoms with Gasteiger partial charge in [-0.05, 0) is 68.4 Å². The van der Waals surface area contributed by atoms with E-state index in [2.05, 4.69) is 41.0 Å². The zero-order valence-corrected chi connectivity index (χ0v) is 33.3. The van der Waals surface area contributed by atoms with Crippen molar-refractivity contribution in [2.24, 2.45) is 5.92 Å². The SMILES string of the molecule is CN(C)C(=O)c1cc2cnc(Nc3ccc(N4CCC(CN5CCN(c6cc7c(cc6F)C(=O)N(C6CCC(=O)NC6=O)C7=O)CC5)CC4)cn3)nc2n1C1CCCC1. The van der Waals surface area contributed by atoms with Gasteiger partial charge in [0.15, 0.2) is 0 Å². The third-order valence-electron chi connectivity index (χ3n) is 12.6. The van der Waals surface area contributed by atoms with Crippen LogP contribution in [0.5, 0.6) is 0 Å². The van der Waals surface area contributed by atoms with Gasteiger partial charge in [0.1, 0.15) is 29.0 Å². The fraction of sp³-hybridized carbons (Fsp3) is 0.476. The van der Waals surface area contributed by atoms with Gasteiger partial charge in [0, 0.05) is 84.0 Å². The predicted molar refractivity (Wildman–Crippen MR) is 217 cm³/mol. The average Bonchev–Trinajstić information content (AvgIpc) is 3.95. The number of rotatable bonds is 9. The molecule has 4 aromatic rings. The first kappa shape index (κ1) is 38.5. The van der Waals surface area contributed by atoms with Crippen molar-refractivity contribution in [2.75, 3.05) is 75.0 Å². The minimum absolute atomic E-state index is 0.0210. The summed E-state index contributed by atoms with van der Waals surface area (Å²) in [6.07, 6.45) is 10.1. The van der Waals surface area contributed by atoms with Crippen LogP contribution in [0.2, 0.25) is 0 Å². The van der Waals surface area contributed by atoms with E-state index in [4.69, 9.17) is 4.98 Å². The maximum absolute atomic E-state index is 15.5. The molecule has 16 nitrogen and oxygen atoms in total. The monoisotopic (exact) mass is 805 g/mol. The average molecular weight is 806 g/mol. The molecule has 0 bridgehead atoms. The molecular weight excluding hydrogens is 758 g/mol. The Bertz CT molecular complexity index is 2330. The Morgan fingerprint density at radius 3 is 2.27 bits per heavy atom. The second kappa shape index (κ2) is 15.7. The summed E-state index contributed by atoms with van der Waals surface area (Å²) in [6.45, 7) is 5.39. The van der Waals surface area contributed by atoms with Crippen molar-refractivity contribution >= 4 is 63.7 Å². The number of halogens is 1. The number of amides is 5. The third-order valence-corrected chi connectivity index (χ3v) is 12.6. The van der Waals surface area contributed by atoms with Gasteiger partial charge < -0.3 is 24.6 Å². The largest absolute Gasteiger partial charge is 0.370 e. The summed E-state index contributed by atoms with van der Waals surface area (Å²) in [4.78, 5) is 86.8. The van der Waals surface area contributed by atoms with E-state index in [1.54, 1.807) is 25.2 Å². The van der Waals surface area contributed by atoms with Gasteiger partial charge in [0.25, 0.3) is 17.7 Å². The van der Waals surface area contributed by atoms with Crippen LogP contribution in [0.25, 0.3) is 11.0 Å². The minimum atomic E-state index is -1.09. The van der Waals surface area contributed by atoms with E-state index in [1.807, 2.05) is 23.2 Å². The van der Waals surface area contributed by atoms with Gasteiger partial charge in [-0.2, -0.15) is 4.98 Å². The summed E-state index contributed by atoms with van der Waals surface area (Å²) in [5.74, 6) is -1.53. The zero-order valence-electron chi connectivity index (χ0n) is 33.3. The van der Waals surface area contributed by atoms with Gasteiger partial charge in [0.05, 0.1) is 28.7 Å². The van der Waals surface area contributed by atoms with Gasteiger partial charge in [-0.15, -0.1) is 0 Å². The highest BCUT2D eigenvalue weighted by Crippen LogP contribution is 2.36. The molecule has 9 rings (SSSR count). The van der Waals surface area contributed by atoms with E-state index in [0.717, 1.165) is 98.9 Å². The number of hydrogen-bond acceptors (Lipinski definition) is 12. The fourth-order valence-electron chi connectivity index (χ4n) is 9.39. The molecule has 1 saturated carbocycles. The van der Waals surface area contributed by atoms with E-state index >= 15 is 4.39 Å². The topological polar surface area (TPSA) is 169 Å². The molecular formula is C42H48FN11O5. The molecule has 7 heterocycles. The van der Waals surface area contributed by atoms with Crippen molar-refractivity contribution in [2.45, 2.75) is 63.5 Å². The van der Waals surface area contributed by atoms with Crippen LogP contribution in [0, 0.1) is 11.7 Å². The summed E-state index contributed by atoms with van der Waals surface area (Å²) in [5, 5.41) is 6.29. The molecule has 5 aliphatic rings. The quantitative estimate of drug-likeness (QED) is 0.234. The van der Waals surface area contributed by atoms with Gasteiger partial charge in [-0.1, -0.05) is 12.8 Å². The summed E-state index contributed by atoms with van der Waals surface area (Å²) >= 11 is 0. The molecule has 0 spiro atoms. The lowest BCUT2D eigenvalue weighted by Crippen LogP contribution is -2.54. The Hall–Kier alpha value is -5.97. The molecule has 1 aliphatic carbocycles. The molecule has 0 radical (unpaired) electrons. The Morgan fingerprint density at radius 1 is 0.864 bits per heavy atom. The number of piperidine rings is 2. The van der Waals surface area contributed by atoms with E-state index < -0.39 is 35.5 Å². The lowest BCUT2D eigenvalue weighted by Gasteiger charge is -2.40. The Kier molecular flexibility index (Phi) is 10.2. The lowest BCUT2D eigenvalue weighted by atomic mass is 9.95. The highest BCUT2D eigenvalue weighted by atomic mass is 19.1. The number of imide groups is 2. The van der Waals surface area contributed by atoms with Crippen LogP contribution >= 0.6 is 0 Å². The number of hydrogen-bond donors (Lipinski definition) is 2. The molecule has 1 atom stereocenters. The lowest BCUT2D eigenvalue weighted by molar-refractivity contribution is -0.136.